The van der Waals surface area contributed by atoms with Crippen LogP contribution in [0.3, 0.4) is 0 Å². The van der Waals surface area contributed by atoms with Gasteiger partial charge in [-0.05, 0) is 67.0 Å². The minimum absolute atomic E-state index is 0.0377. The number of aliphatic hydroxyl groups excluding tert-OH is 1. The molecule has 9 heteroatoms. The lowest BCUT2D eigenvalue weighted by Gasteiger charge is -2.33. The first-order valence-electron chi connectivity index (χ1n) is 11.6. The summed E-state index contributed by atoms with van der Waals surface area (Å²) in [6.45, 7) is 0.0570. The van der Waals surface area contributed by atoms with E-state index in [1.807, 2.05) is 12.1 Å². The van der Waals surface area contributed by atoms with Gasteiger partial charge in [0.05, 0.1) is 17.4 Å². The molecule has 1 saturated carbocycles. The molecule has 3 aliphatic rings. The Hall–Kier alpha value is -3.17. The number of nitrogens with zero attached hydrogens (tertiary/aromatic N) is 1. The second-order valence-electron chi connectivity index (χ2n) is 9.47. The minimum atomic E-state index is -4.60. The van der Waals surface area contributed by atoms with Crippen molar-refractivity contribution in [2.24, 2.45) is 0 Å². The zero-order chi connectivity index (χ0) is 25.0. The van der Waals surface area contributed by atoms with Crippen molar-refractivity contribution in [2.45, 2.75) is 56.4 Å². The molecule has 35 heavy (non-hydrogen) atoms. The van der Waals surface area contributed by atoms with Crippen LogP contribution >= 0.6 is 0 Å². The fraction of sp³-hybridized carbons (Fsp3) is 0.385. The number of aryl methyl sites for hydroxylation is 1. The Balaban J connectivity index is 1.46. The topological polar surface area (TPSA) is 89.9 Å². The third-order valence-electron chi connectivity index (χ3n) is 6.96. The van der Waals surface area contributed by atoms with Crippen molar-refractivity contribution in [3.05, 3.63) is 64.7 Å². The van der Waals surface area contributed by atoms with Crippen LogP contribution in [0.1, 0.15) is 47.9 Å². The largest absolute Gasteiger partial charge is 0.416 e. The molecule has 0 aromatic heterocycles. The van der Waals surface area contributed by atoms with Gasteiger partial charge in [0.1, 0.15) is 5.60 Å². The second kappa shape index (κ2) is 8.49. The van der Waals surface area contributed by atoms with Crippen LogP contribution in [0.2, 0.25) is 0 Å². The molecule has 2 aliphatic carbocycles. The van der Waals surface area contributed by atoms with Crippen LogP contribution in [0.5, 0.6) is 0 Å². The normalized spacial score (nSPS) is 21.8. The highest BCUT2D eigenvalue weighted by Gasteiger charge is 2.51. The van der Waals surface area contributed by atoms with E-state index in [1.165, 1.54) is 17.0 Å². The Morgan fingerprint density at radius 2 is 1.91 bits per heavy atom. The molecule has 2 aromatic rings. The molecule has 2 amide bonds. The average Bonchev–Trinajstić information content (AvgIpc) is 3.57. The van der Waals surface area contributed by atoms with E-state index in [-0.39, 0.29) is 31.5 Å². The highest BCUT2D eigenvalue weighted by atomic mass is 19.4. The maximum Gasteiger partial charge on any atom is 0.416 e. The van der Waals surface area contributed by atoms with E-state index in [1.54, 1.807) is 6.07 Å². The third-order valence-corrected chi connectivity index (χ3v) is 6.96. The number of rotatable bonds is 3. The molecule has 6 nitrogen and oxygen atoms in total. The maximum absolute atomic E-state index is 13.4. The minimum Gasteiger partial charge on any atom is -0.393 e. The third kappa shape index (κ3) is 4.58. The number of aliphatic hydroxyl groups is 2. The number of hydrogen-bond acceptors (Lipinski definition) is 4. The van der Waals surface area contributed by atoms with Gasteiger partial charge in [0.25, 0.3) is 5.91 Å². The molecular formula is C26H25F3N2O4. The SMILES string of the molecule is O=C(/C=C1\CCN(C(=O)C2(O)CC2)c2cc(C(F)(F)F)ccc21)Nc1cccc2c1CC(O)CC2. The van der Waals surface area contributed by atoms with Crippen LogP contribution in [-0.4, -0.2) is 40.3 Å². The second-order valence-corrected chi connectivity index (χ2v) is 9.47. The fourth-order valence-corrected chi connectivity index (χ4v) is 4.85. The molecule has 0 radical (unpaired) electrons. The lowest BCUT2D eigenvalue weighted by atomic mass is 9.88. The number of hydrogen-bond donors (Lipinski definition) is 3. The van der Waals surface area contributed by atoms with Crippen molar-refractivity contribution in [3.63, 3.8) is 0 Å². The number of nitrogens with one attached hydrogen (secondary N) is 1. The smallest absolute Gasteiger partial charge is 0.393 e. The van der Waals surface area contributed by atoms with Crippen LogP contribution in [-0.2, 0) is 28.6 Å². The van der Waals surface area contributed by atoms with Crippen molar-refractivity contribution in [1.29, 1.82) is 0 Å². The zero-order valence-corrected chi connectivity index (χ0v) is 18.9. The number of halogens is 3. The van der Waals surface area contributed by atoms with Crippen LogP contribution in [0.15, 0.2) is 42.5 Å². The van der Waals surface area contributed by atoms with Gasteiger partial charge in [-0.15, -0.1) is 0 Å². The molecule has 184 valence electrons. The Morgan fingerprint density at radius 1 is 1.14 bits per heavy atom. The number of fused-ring (bicyclic) bond motifs is 2. The van der Waals surface area contributed by atoms with Crippen LogP contribution in [0, 0.1) is 0 Å². The summed E-state index contributed by atoms with van der Waals surface area (Å²) in [4.78, 5) is 26.9. The first kappa shape index (κ1) is 23.6. The number of benzene rings is 2. The monoisotopic (exact) mass is 486 g/mol. The van der Waals surface area contributed by atoms with E-state index in [0.717, 1.165) is 23.3 Å². The first-order valence-corrected chi connectivity index (χ1v) is 11.6. The van der Waals surface area contributed by atoms with E-state index in [4.69, 9.17) is 0 Å². The number of carbonyl (C=O) groups excluding carboxylic acids is 2. The summed E-state index contributed by atoms with van der Waals surface area (Å²) in [6.07, 6.45) is -1.12. The van der Waals surface area contributed by atoms with Gasteiger partial charge in [-0.1, -0.05) is 18.2 Å². The summed E-state index contributed by atoms with van der Waals surface area (Å²) in [6, 6.07) is 8.66. The van der Waals surface area contributed by atoms with Crippen molar-refractivity contribution in [3.8, 4) is 0 Å². The maximum atomic E-state index is 13.4. The number of anilines is 2. The summed E-state index contributed by atoms with van der Waals surface area (Å²) in [5.41, 5.74) is 1.00. The van der Waals surface area contributed by atoms with E-state index in [0.29, 0.717) is 36.1 Å². The van der Waals surface area contributed by atoms with Gasteiger partial charge in [0, 0.05) is 30.3 Å². The summed E-state index contributed by atoms with van der Waals surface area (Å²) in [5, 5.41) is 23.2. The average molecular weight is 486 g/mol. The van der Waals surface area contributed by atoms with Gasteiger partial charge in [0.2, 0.25) is 5.91 Å². The molecule has 2 aromatic carbocycles. The first-order chi connectivity index (χ1) is 16.5. The van der Waals surface area contributed by atoms with Crippen LogP contribution in [0.4, 0.5) is 24.5 Å². The van der Waals surface area contributed by atoms with Gasteiger partial charge >= 0.3 is 6.18 Å². The summed E-state index contributed by atoms with van der Waals surface area (Å²) in [7, 11) is 0. The Kier molecular flexibility index (Phi) is 5.72. The van der Waals surface area contributed by atoms with Gasteiger partial charge in [-0.2, -0.15) is 13.2 Å². The van der Waals surface area contributed by atoms with E-state index < -0.39 is 35.3 Å². The van der Waals surface area contributed by atoms with Crippen LogP contribution in [0.25, 0.3) is 5.57 Å². The molecule has 0 saturated heterocycles. The highest BCUT2D eigenvalue weighted by molar-refractivity contribution is 6.08. The Labute approximate surface area is 200 Å². The number of carbonyl (C=O) groups is 2. The molecule has 5 rings (SSSR count). The Bertz CT molecular complexity index is 1230. The molecular weight excluding hydrogens is 461 g/mol. The van der Waals surface area contributed by atoms with Crippen LogP contribution < -0.4 is 10.2 Å². The lowest BCUT2D eigenvalue weighted by molar-refractivity contribution is -0.137. The number of alkyl halides is 3. The predicted octanol–water partition coefficient (Wildman–Crippen LogP) is 3.84. The summed E-state index contributed by atoms with van der Waals surface area (Å²) < 4.78 is 40.2. The van der Waals surface area contributed by atoms with E-state index in [9.17, 15) is 33.0 Å². The fourth-order valence-electron chi connectivity index (χ4n) is 4.85. The molecule has 0 spiro atoms. The van der Waals surface area contributed by atoms with Gasteiger partial charge in [-0.25, -0.2) is 0 Å². The zero-order valence-electron chi connectivity index (χ0n) is 18.9. The van der Waals surface area contributed by atoms with Crippen molar-refractivity contribution < 1.29 is 33.0 Å². The van der Waals surface area contributed by atoms with E-state index >= 15 is 0 Å². The van der Waals surface area contributed by atoms with Crippen molar-refractivity contribution in [2.75, 3.05) is 16.8 Å². The van der Waals surface area contributed by atoms with E-state index in [2.05, 4.69) is 5.32 Å². The standard InChI is InChI=1S/C26H25F3N2O4/c27-26(28,29)17-5-7-19-16(8-11-31(22(19)13-17)24(34)25(35)9-10-25)12-23(33)30-21-3-1-2-15-4-6-18(32)14-20(15)21/h1-3,5,7,12-13,18,32,35H,4,6,8-11,14H2,(H,30,33)/b16-12+. The number of amides is 2. The highest BCUT2D eigenvalue weighted by Crippen LogP contribution is 2.44. The quantitative estimate of drug-likeness (QED) is 0.576. The predicted molar refractivity (Wildman–Crippen MR) is 124 cm³/mol. The van der Waals surface area contributed by atoms with Crippen molar-refractivity contribution in [1.82, 2.24) is 0 Å². The Morgan fingerprint density at radius 3 is 2.63 bits per heavy atom. The molecule has 1 fully saturated rings. The molecule has 0 bridgehead atoms. The molecule has 1 atom stereocenters. The van der Waals surface area contributed by atoms with Gasteiger partial charge in [0.15, 0.2) is 0 Å². The summed E-state index contributed by atoms with van der Waals surface area (Å²) >= 11 is 0. The molecule has 1 heterocycles. The summed E-state index contributed by atoms with van der Waals surface area (Å²) in [5.74, 6) is -1.06. The molecule has 1 aliphatic heterocycles. The lowest BCUT2D eigenvalue weighted by Crippen LogP contribution is -2.43. The molecule has 1 unspecified atom stereocenters. The van der Waals surface area contributed by atoms with Gasteiger partial charge in [-0.3, -0.25) is 9.59 Å². The molecule has 3 N–H and O–H groups in total. The van der Waals surface area contributed by atoms with Crippen molar-refractivity contribution >= 4 is 28.8 Å². The van der Waals surface area contributed by atoms with Gasteiger partial charge < -0.3 is 20.4 Å².